The van der Waals surface area contributed by atoms with Gasteiger partial charge in [0.05, 0.1) is 5.56 Å². The van der Waals surface area contributed by atoms with Gasteiger partial charge in [0.2, 0.25) is 6.36 Å². The number of halogens is 5. The largest absolute Gasteiger partial charge is 0.457 e. The number of ether oxygens (including phenoxy) is 1. The van der Waals surface area contributed by atoms with Crippen LogP contribution in [-0.4, -0.2) is 23.7 Å². The summed E-state index contributed by atoms with van der Waals surface area (Å²) in [4.78, 5) is 8.31. The molecule has 0 aromatic carbocycles. The molecule has 0 aliphatic carbocycles. The van der Waals surface area contributed by atoms with Crippen molar-refractivity contribution in [2.75, 3.05) is 6.54 Å². The Morgan fingerprint density at radius 1 is 1.39 bits per heavy atom. The molecular formula is C19H24ClF4N3O. The van der Waals surface area contributed by atoms with Gasteiger partial charge in [-0.25, -0.2) is 9.38 Å². The van der Waals surface area contributed by atoms with Gasteiger partial charge in [-0.2, -0.15) is 13.2 Å². The average molecular weight is 422 g/mol. The molecular weight excluding hydrogens is 398 g/mol. The monoisotopic (exact) mass is 421 g/mol. The first-order valence-corrected chi connectivity index (χ1v) is 9.04. The summed E-state index contributed by atoms with van der Waals surface area (Å²) in [6.07, 6.45) is 1.19. The minimum Gasteiger partial charge on any atom is -0.457 e. The van der Waals surface area contributed by atoms with Crippen molar-refractivity contribution in [3.63, 3.8) is 0 Å². The van der Waals surface area contributed by atoms with Crippen molar-refractivity contribution >= 4 is 17.8 Å². The zero-order valence-corrected chi connectivity index (χ0v) is 17.0. The SMILES string of the molecule is C\C=C(Cl)/N=C\C(C)=C\CCC/N=c1/c(OC(C)F)cc(C(F)(F)F)cn1C. The summed E-state index contributed by atoms with van der Waals surface area (Å²) in [5, 5.41) is 0.396. The van der Waals surface area contributed by atoms with E-state index in [9.17, 15) is 17.6 Å². The van der Waals surface area contributed by atoms with Gasteiger partial charge in [0, 0.05) is 32.9 Å². The van der Waals surface area contributed by atoms with Crippen LogP contribution in [0, 0.1) is 0 Å². The number of aromatic nitrogens is 1. The second kappa shape index (κ2) is 11.0. The number of hydrogen-bond acceptors (Lipinski definition) is 3. The molecule has 0 saturated heterocycles. The Hall–Kier alpha value is -2.09. The van der Waals surface area contributed by atoms with Crippen molar-refractivity contribution in [1.82, 2.24) is 4.57 Å². The summed E-state index contributed by atoms with van der Waals surface area (Å²) in [7, 11) is 1.41. The molecule has 0 spiro atoms. The number of hydrogen-bond donors (Lipinski definition) is 0. The van der Waals surface area contributed by atoms with Crippen LogP contribution in [0.3, 0.4) is 0 Å². The van der Waals surface area contributed by atoms with Crippen LogP contribution < -0.4 is 10.2 Å². The molecule has 9 heteroatoms. The summed E-state index contributed by atoms with van der Waals surface area (Å²) < 4.78 is 58.2. The van der Waals surface area contributed by atoms with E-state index in [0.717, 1.165) is 24.8 Å². The molecule has 0 aliphatic rings. The summed E-state index contributed by atoms with van der Waals surface area (Å²) >= 11 is 5.78. The van der Waals surface area contributed by atoms with Crippen molar-refractivity contribution < 1.29 is 22.3 Å². The Balaban J connectivity index is 2.91. The molecule has 0 N–H and O–H groups in total. The van der Waals surface area contributed by atoms with Gasteiger partial charge >= 0.3 is 6.18 Å². The number of rotatable bonds is 8. The number of alkyl halides is 4. The normalized spacial score (nSPS) is 15.4. The maximum atomic E-state index is 13.2. The lowest BCUT2D eigenvalue weighted by atomic mass is 10.2. The zero-order valence-electron chi connectivity index (χ0n) is 16.2. The van der Waals surface area contributed by atoms with E-state index in [1.165, 1.54) is 11.6 Å². The van der Waals surface area contributed by atoms with E-state index < -0.39 is 18.1 Å². The van der Waals surface area contributed by atoms with E-state index in [1.54, 1.807) is 19.2 Å². The van der Waals surface area contributed by atoms with E-state index in [1.807, 2.05) is 13.0 Å². The van der Waals surface area contributed by atoms with Gasteiger partial charge in [-0.1, -0.05) is 23.8 Å². The smallest absolute Gasteiger partial charge is 0.417 e. The zero-order chi connectivity index (χ0) is 21.3. The molecule has 1 rings (SSSR count). The van der Waals surface area contributed by atoms with Gasteiger partial charge in [-0.3, -0.25) is 4.99 Å². The molecule has 0 bridgehead atoms. The van der Waals surface area contributed by atoms with E-state index in [-0.39, 0.29) is 11.2 Å². The molecule has 4 nitrogen and oxygen atoms in total. The molecule has 156 valence electrons. The predicted octanol–water partition coefficient (Wildman–Crippen LogP) is 5.54. The molecule has 0 amide bonds. The van der Waals surface area contributed by atoms with Crippen LogP contribution in [0.25, 0.3) is 0 Å². The van der Waals surface area contributed by atoms with Gasteiger partial charge in [0.25, 0.3) is 0 Å². The fourth-order valence-corrected chi connectivity index (χ4v) is 2.24. The highest BCUT2D eigenvalue weighted by Gasteiger charge is 2.32. The van der Waals surface area contributed by atoms with Gasteiger partial charge in [0.15, 0.2) is 11.2 Å². The molecule has 1 heterocycles. The summed E-state index contributed by atoms with van der Waals surface area (Å²) in [5.74, 6) is -0.243. The fourth-order valence-electron chi connectivity index (χ4n) is 2.19. The maximum absolute atomic E-state index is 13.2. The van der Waals surface area contributed by atoms with Crippen molar-refractivity contribution in [3.8, 4) is 5.75 Å². The van der Waals surface area contributed by atoms with Crippen molar-refractivity contribution in [2.45, 2.75) is 46.1 Å². The Morgan fingerprint density at radius 2 is 2.07 bits per heavy atom. The molecule has 1 atom stereocenters. The van der Waals surface area contributed by atoms with Crippen LogP contribution in [-0.2, 0) is 13.2 Å². The number of aryl methyl sites for hydroxylation is 1. The predicted molar refractivity (Wildman–Crippen MR) is 103 cm³/mol. The summed E-state index contributed by atoms with van der Waals surface area (Å²) in [6.45, 7) is 5.10. The molecule has 1 aromatic rings. The van der Waals surface area contributed by atoms with Gasteiger partial charge in [0.1, 0.15) is 5.16 Å². The highest BCUT2D eigenvalue weighted by atomic mass is 35.5. The molecule has 28 heavy (non-hydrogen) atoms. The number of pyridine rings is 1. The molecule has 0 fully saturated rings. The third-order valence-corrected chi connectivity index (χ3v) is 3.83. The van der Waals surface area contributed by atoms with E-state index >= 15 is 0 Å². The average Bonchev–Trinajstić information content (AvgIpc) is 2.59. The second-order valence-corrected chi connectivity index (χ2v) is 6.42. The molecule has 0 radical (unpaired) electrons. The Morgan fingerprint density at radius 3 is 2.64 bits per heavy atom. The first-order valence-electron chi connectivity index (χ1n) is 8.66. The topological polar surface area (TPSA) is 38.9 Å². The van der Waals surface area contributed by atoms with E-state index in [2.05, 4.69) is 9.98 Å². The highest BCUT2D eigenvalue weighted by molar-refractivity contribution is 6.29. The van der Waals surface area contributed by atoms with Crippen LogP contribution >= 0.6 is 11.6 Å². The van der Waals surface area contributed by atoms with Gasteiger partial charge in [-0.05, 0) is 38.3 Å². The third-order valence-electron chi connectivity index (χ3n) is 3.51. The molecule has 1 aromatic heterocycles. The fraction of sp³-hybridized carbons (Fsp3) is 0.474. The Kier molecular flexibility index (Phi) is 9.45. The minimum atomic E-state index is -4.56. The number of aliphatic imine (C=N–C) groups is 1. The van der Waals surface area contributed by atoms with E-state index in [0.29, 0.717) is 24.5 Å². The van der Waals surface area contributed by atoms with Crippen LogP contribution in [0.2, 0.25) is 0 Å². The number of allylic oxidation sites excluding steroid dienone is 3. The van der Waals surface area contributed by atoms with Gasteiger partial charge < -0.3 is 9.30 Å². The van der Waals surface area contributed by atoms with Crippen molar-refractivity contribution in [1.29, 1.82) is 0 Å². The molecule has 1 unspecified atom stereocenters. The number of nitrogens with zero attached hydrogens (tertiary/aromatic N) is 3. The minimum absolute atomic E-state index is 0.152. The molecule has 0 aliphatic heterocycles. The molecule has 0 saturated carbocycles. The second-order valence-electron chi connectivity index (χ2n) is 6.03. The van der Waals surface area contributed by atoms with Crippen LogP contribution in [0.5, 0.6) is 5.75 Å². The first kappa shape index (κ1) is 23.9. The highest BCUT2D eigenvalue weighted by Crippen LogP contribution is 2.30. The lowest BCUT2D eigenvalue weighted by Gasteiger charge is -2.14. The van der Waals surface area contributed by atoms with Crippen LogP contribution in [0.4, 0.5) is 17.6 Å². The third kappa shape index (κ3) is 8.29. The lowest BCUT2D eigenvalue weighted by molar-refractivity contribution is -0.138. The quantitative estimate of drug-likeness (QED) is 0.235. The number of unbranched alkanes of at least 4 members (excludes halogenated alkanes) is 1. The lowest BCUT2D eigenvalue weighted by Crippen LogP contribution is -2.25. The summed E-state index contributed by atoms with van der Waals surface area (Å²) in [5.41, 5.74) is 0.150. The van der Waals surface area contributed by atoms with Crippen molar-refractivity contribution in [3.05, 3.63) is 46.2 Å². The van der Waals surface area contributed by atoms with E-state index in [4.69, 9.17) is 16.3 Å². The van der Waals surface area contributed by atoms with Crippen LogP contribution in [0.1, 0.15) is 39.2 Å². The van der Waals surface area contributed by atoms with Gasteiger partial charge in [-0.15, -0.1) is 0 Å². The standard InChI is InChI=1S/C19H24ClF4N3O/c1-5-17(20)26-11-13(2)8-6-7-9-25-18-16(28-14(3)21)10-15(12-27(18)4)19(22,23)24/h5,8,10-12,14H,6-7,9H2,1-4H3/b13-8+,17-5-,25-18-,26-11-. The summed E-state index contributed by atoms with van der Waals surface area (Å²) in [6, 6.07) is 0.764. The Labute approximate surface area is 166 Å². The maximum Gasteiger partial charge on any atom is 0.417 e. The first-order chi connectivity index (χ1) is 13.0. The van der Waals surface area contributed by atoms with Crippen molar-refractivity contribution in [2.24, 2.45) is 17.0 Å². The Bertz CT molecular complexity index is 808. The van der Waals surface area contributed by atoms with Crippen LogP contribution in [0.15, 0.2) is 45.1 Å².